The van der Waals surface area contributed by atoms with E-state index in [1.165, 1.54) is 11.3 Å². The Hall–Kier alpha value is -3.81. The molecule has 0 saturated heterocycles. The molecule has 2 aromatic heterocycles. The fourth-order valence-corrected chi connectivity index (χ4v) is 5.68. The van der Waals surface area contributed by atoms with Crippen LogP contribution >= 0.6 is 22.9 Å². The number of methoxy groups -OCH3 is 2. The Bertz CT molecular complexity index is 1630. The van der Waals surface area contributed by atoms with Gasteiger partial charge in [0.25, 0.3) is 11.5 Å². The molecule has 0 bridgehead atoms. The maximum atomic E-state index is 13.8. The summed E-state index contributed by atoms with van der Waals surface area (Å²) in [5, 5.41) is 2.05. The first-order chi connectivity index (χ1) is 17.5. The molecule has 0 atom stereocenters. The fourth-order valence-electron chi connectivity index (χ4n) is 4.20. The summed E-state index contributed by atoms with van der Waals surface area (Å²) in [6, 6.07) is 22.7. The number of H-pyrrole nitrogens is 1. The van der Waals surface area contributed by atoms with Crippen LogP contribution in [0.4, 0.5) is 0 Å². The van der Waals surface area contributed by atoms with Gasteiger partial charge in [-0.05, 0) is 23.8 Å². The number of hydrogen-bond donors (Lipinski definition) is 1. The van der Waals surface area contributed by atoms with Gasteiger partial charge in [0, 0.05) is 33.6 Å². The Morgan fingerprint density at radius 3 is 2.36 bits per heavy atom. The molecule has 8 heteroatoms. The van der Waals surface area contributed by atoms with Gasteiger partial charge in [0.15, 0.2) is 11.5 Å². The van der Waals surface area contributed by atoms with E-state index >= 15 is 0 Å². The van der Waals surface area contributed by atoms with Crippen LogP contribution in [0.1, 0.15) is 20.8 Å². The fraction of sp³-hybridized carbons (Fsp3) is 0.143. The number of rotatable bonds is 7. The summed E-state index contributed by atoms with van der Waals surface area (Å²) < 4.78 is 11.7. The van der Waals surface area contributed by atoms with Gasteiger partial charge in [-0.3, -0.25) is 9.59 Å². The quantitative estimate of drug-likeness (QED) is 0.276. The van der Waals surface area contributed by atoms with Crippen molar-refractivity contribution in [3.63, 3.8) is 0 Å². The molecule has 3 aromatic carbocycles. The highest BCUT2D eigenvalue weighted by atomic mass is 35.5. The molecule has 2 heterocycles. The molecule has 5 aromatic rings. The third-order valence-corrected chi connectivity index (χ3v) is 7.68. The third kappa shape index (κ3) is 4.55. The standard InChI is InChI=1S/C28H23ClN2O4S/c1-34-22-13-18-12-19(27(32)30-21(18)14-23(22)35-2)16-31(15-17-8-4-3-5-9-17)28(33)26-25(29)20-10-6-7-11-24(20)36-26/h3-14H,15-16H2,1-2H3,(H,30,32). The number of aromatic nitrogens is 1. The lowest BCUT2D eigenvalue weighted by Crippen LogP contribution is -2.32. The van der Waals surface area contributed by atoms with Crippen molar-refractivity contribution in [1.82, 2.24) is 9.88 Å². The predicted octanol–water partition coefficient (Wildman–Crippen LogP) is 6.26. The number of carbonyl (C=O) groups excluding carboxylic acids is 1. The van der Waals surface area contributed by atoms with E-state index in [9.17, 15) is 9.59 Å². The number of carbonyl (C=O) groups is 1. The highest BCUT2D eigenvalue weighted by molar-refractivity contribution is 7.21. The molecular weight excluding hydrogens is 496 g/mol. The highest BCUT2D eigenvalue weighted by Crippen LogP contribution is 2.36. The minimum Gasteiger partial charge on any atom is -0.493 e. The Morgan fingerprint density at radius 1 is 0.944 bits per heavy atom. The van der Waals surface area contributed by atoms with Crippen LogP contribution in [0.3, 0.4) is 0 Å². The van der Waals surface area contributed by atoms with Gasteiger partial charge < -0.3 is 19.4 Å². The second-order valence-corrected chi connectivity index (χ2v) is 9.74. The van der Waals surface area contributed by atoms with E-state index in [1.807, 2.05) is 54.6 Å². The number of pyridine rings is 1. The molecule has 0 fully saturated rings. The van der Waals surface area contributed by atoms with Crippen LogP contribution in [0.5, 0.6) is 11.5 Å². The van der Waals surface area contributed by atoms with Gasteiger partial charge in [-0.2, -0.15) is 0 Å². The molecule has 1 N–H and O–H groups in total. The molecule has 0 unspecified atom stereocenters. The van der Waals surface area contributed by atoms with Gasteiger partial charge in [0.05, 0.1) is 31.3 Å². The first-order valence-electron chi connectivity index (χ1n) is 11.3. The highest BCUT2D eigenvalue weighted by Gasteiger charge is 2.24. The lowest BCUT2D eigenvalue weighted by molar-refractivity contribution is 0.0734. The summed E-state index contributed by atoms with van der Waals surface area (Å²) in [4.78, 5) is 31.9. The first-order valence-corrected chi connectivity index (χ1v) is 12.5. The van der Waals surface area contributed by atoms with Crippen LogP contribution in [0.15, 0.2) is 77.6 Å². The number of thiophene rings is 1. The zero-order valence-corrected chi connectivity index (χ0v) is 21.3. The van der Waals surface area contributed by atoms with Gasteiger partial charge in [0.1, 0.15) is 4.88 Å². The largest absolute Gasteiger partial charge is 0.493 e. The third-order valence-electron chi connectivity index (χ3n) is 6.02. The first kappa shape index (κ1) is 23.9. The molecule has 0 aliphatic carbocycles. The van der Waals surface area contributed by atoms with Crippen LogP contribution < -0.4 is 15.0 Å². The Balaban J connectivity index is 1.56. The number of nitrogens with zero attached hydrogens (tertiary/aromatic N) is 1. The summed E-state index contributed by atoms with van der Waals surface area (Å²) in [5.41, 5.74) is 1.75. The average Bonchev–Trinajstić information content (AvgIpc) is 3.24. The lowest BCUT2D eigenvalue weighted by atomic mass is 10.1. The number of aromatic amines is 1. The molecule has 0 saturated carbocycles. The predicted molar refractivity (Wildman–Crippen MR) is 145 cm³/mol. The minimum absolute atomic E-state index is 0.109. The number of halogens is 1. The Labute approximate surface area is 216 Å². The van der Waals surface area contributed by atoms with Crippen molar-refractivity contribution in [3.05, 3.63) is 104 Å². The summed E-state index contributed by atoms with van der Waals surface area (Å²) in [5.74, 6) is 0.850. The molecule has 0 aliphatic heterocycles. The maximum absolute atomic E-state index is 13.8. The van der Waals surface area contributed by atoms with Crippen LogP contribution in [-0.2, 0) is 13.1 Å². The number of ether oxygens (including phenoxy) is 2. The molecule has 6 nitrogen and oxygen atoms in total. The molecule has 0 spiro atoms. The van der Waals surface area contributed by atoms with Crippen molar-refractivity contribution < 1.29 is 14.3 Å². The van der Waals surface area contributed by atoms with Crippen LogP contribution in [0.2, 0.25) is 5.02 Å². The van der Waals surface area contributed by atoms with E-state index < -0.39 is 0 Å². The number of fused-ring (bicyclic) bond motifs is 2. The number of nitrogens with one attached hydrogen (secondary N) is 1. The average molecular weight is 519 g/mol. The summed E-state index contributed by atoms with van der Waals surface area (Å²) in [6.45, 7) is 0.436. The lowest BCUT2D eigenvalue weighted by Gasteiger charge is -2.23. The van der Waals surface area contributed by atoms with E-state index in [4.69, 9.17) is 21.1 Å². The van der Waals surface area contributed by atoms with Crippen LogP contribution in [-0.4, -0.2) is 30.0 Å². The van der Waals surface area contributed by atoms with E-state index in [0.29, 0.717) is 39.0 Å². The molecule has 182 valence electrons. The molecule has 0 aliphatic rings. The second-order valence-electron chi connectivity index (χ2n) is 8.31. The summed E-state index contributed by atoms with van der Waals surface area (Å²) >= 11 is 8.00. The molecule has 5 rings (SSSR count). The zero-order chi connectivity index (χ0) is 25.2. The topological polar surface area (TPSA) is 71.6 Å². The summed E-state index contributed by atoms with van der Waals surface area (Å²) in [7, 11) is 3.10. The SMILES string of the molecule is COc1cc2cc(CN(Cc3ccccc3)C(=O)c3sc4ccccc4c3Cl)c(=O)[nH]c2cc1OC. The number of hydrogen-bond acceptors (Lipinski definition) is 5. The molecule has 0 radical (unpaired) electrons. The molecule has 1 amide bonds. The van der Waals surface area contributed by atoms with E-state index in [2.05, 4.69) is 4.98 Å². The van der Waals surface area contributed by atoms with Crippen molar-refractivity contribution in [2.45, 2.75) is 13.1 Å². The molecular formula is C28H23ClN2O4S. The van der Waals surface area contributed by atoms with Crippen LogP contribution in [0, 0.1) is 0 Å². The van der Waals surface area contributed by atoms with Gasteiger partial charge in [-0.25, -0.2) is 0 Å². The Kier molecular flexibility index (Phi) is 6.67. The van der Waals surface area contributed by atoms with Gasteiger partial charge >= 0.3 is 0 Å². The number of benzene rings is 3. The minimum atomic E-state index is -0.275. The smallest absolute Gasteiger partial charge is 0.266 e. The van der Waals surface area contributed by atoms with E-state index in [1.54, 1.807) is 37.3 Å². The molecule has 36 heavy (non-hydrogen) atoms. The van der Waals surface area contributed by atoms with Crippen molar-refractivity contribution in [3.8, 4) is 11.5 Å². The van der Waals surface area contributed by atoms with Gasteiger partial charge in [-0.15, -0.1) is 11.3 Å². The van der Waals surface area contributed by atoms with Gasteiger partial charge in [-0.1, -0.05) is 60.1 Å². The van der Waals surface area contributed by atoms with Crippen LogP contribution in [0.25, 0.3) is 21.0 Å². The summed E-state index contributed by atoms with van der Waals surface area (Å²) in [6.07, 6.45) is 0. The Morgan fingerprint density at radius 2 is 1.64 bits per heavy atom. The second kappa shape index (κ2) is 10.0. The maximum Gasteiger partial charge on any atom is 0.266 e. The van der Waals surface area contributed by atoms with Gasteiger partial charge in [0.2, 0.25) is 0 Å². The number of amides is 1. The van der Waals surface area contributed by atoms with Crippen molar-refractivity contribution in [2.75, 3.05) is 14.2 Å². The van der Waals surface area contributed by atoms with E-state index in [-0.39, 0.29) is 18.0 Å². The van der Waals surface area contributed by atoms with Crippen molar-refractivity contribution >= 4 is 49.8 Å². The van der Waals surface area contributed by atoms with E-state index in [0.717, 1.165) is 21.0 Å². The normalized spacial score (nSPS) is 11.1. The zero-order valence-electron chi connectivity index (χ0n) is 19.7. The van der Waals surface area contributed by atoms with Crippen molar-refractivity contribution in [1.29, 1.82) is 0 Å². The van der Waals surface area contributed by atoms with Crippen molar-refractivity contribution in [2.24, 2.45) is 0 Å². The monoisotopic (exact) mass is 518 g/mol.